The summed E-state index contributed by atoms with van der Waals surface area (Å²) in [5.74, 6) is 0. The maximum absolute atomic E-state index is 13.6. The van der Waals surface area contributed by atoms with E-state index in [9.17, 15) is 4.39 Å². The van der Waals surface area contributed by atoms with E-state index in [1.165, 1.54) is 0 Å². The van der Waals surface area contributed by atoms with Gasteiger partial charge in [0.2, 0.25) is 0 Å². The number of allylic oxidation sites excluding steroid dienone is 1. The van der Waals surface area contributed by atoms with Crippen LogP contribution in [0.5, 0.6) is 0 Å². The van der Waals surface area contributed by atoms with Gasteiger partial charge in [0, 0.05) is 18.8 Å². The summed E-state index contributed by atoms with van der Waals surface area (Å²) in [7, 11) is 0. The lowest BCUT2D eigenvalue weighted by atomic mass is 10.2. The average Bonchev–Trinajstić information content (AvgIpc) is 2.64. The molecular weight excluding hydrogens is 157 g/mol. The molecule has 1 saturated carbocycles. The van der Waals surface area contributed by atoms with Crippen LogP contribution in [0.1, 0.15) is 19.3 Å². The Morgan fingerprint density at radius 2 is 2.33 bits per heavy atom. The molecule has 0 amide bonds. The van der Waals surface area contributed by atoms with Gasteiger partial charge in [0.05, 0.1) is 6.61 Å². The predicted molar refractivity (Wildman–Crippen MR) is 44.4 cm³/mol. The first kappa shape index (κ1) is 8.05. The normalized spacial score (nSPS) is 25.8. The van der Waals surface area contributed by atoms with Gasteiger partial charge in [0.25, 0.3) is 0 Å². The number of rotatable bonds is 3. The SMILES string of the molecule is OCCN1CCC=C1C1(F)CC1. The van der Waals surface area contributed by atoms with Crippen LogP contribution in [0.25, 0.3) is 0 Å². The number of β-amino-alcohol motifs (C(OH)–C–C–N with tert-alkyl or cyclic N) is 1. The first-order valence-corrected chi connectivity index (χ1v) is 4.52. The highest BCUT2D eigenvalue weighted by Crippen LogP contribution is 2.48. The third-order valence-electron chi connectivity index (χ3n) is 2.60. The minimum Gasteiger partial charge on any atom is -0.395 e. The Kier molecular flexibility index (Phi) is 1.83. The summed E-state index contributed by atoms with van der Waals surface area (Å²) < 4.78 is 13.6. The fourth-order valence-electron chi connectivity index (χ4n) is 1.79. The Hall–Kier alpha value is -0.570. The Labute approximate surface area is 71.7 Å². The Morgan fingerprint density at radius 3 is 2.92 bits per heavy atom. The second kappa shape index (κ2) is 2.73. The highest BCUT2D eigenvalue weighted by atomic mass is 19.1. The number of aliphatic hydroxyl groups is 1. The highest BCUT2D eigenvalue weighted by molar-refractivity contribution is 5.26. The van der Waals surface area contributed by atoms with Crippen LogP contribution in [0.3, 0.4) is 0 Å². The van der Waals surface area contributed by atoms with E-state index in [-0.39, 0.29) is 6.61 Å². The summed E-state index contributed by atoms with van der Waals surface area (Å²) in [6.45, 7) is 1.58. The monoisotopic (exact) mass is 171 g/mol. The number of hydrogen-bond donors (Lipinski definition) is 1. The molecule has 12 heavy (non-hydrogen) atoms. The molecule has 1 N–H and O–H groups in total. The van der Waals surface area contributed by atoms with E-state index in [2.05, 4.69) is 0 Å². The summed E-state index contributed by atoms with van der Waals surface area (Å²) in [5, 5.41) is 8.74. The van der Waals surface area contributed by atoms with Crippen molar-refractivity contribution < 1.29 is 9.50 Å². The van der Waals surface area contributed by atoms with Crippen LogP contribution < -0.4 is 0 Å². The molecule has 0 unspecified atom stereocenters. The molecule has 68 valence electrons. The van der Waals surface area contributed by atoms with Crippen molar-refractivity contribution in [3.63, 3.8) is 0 Å². The maximum atomic E-state index is 13.6. The number of alkyl halides is 1. The molecule has 0 saturated heterocycles. The molecule has 0 spiro atoms. The average molecular weight is 171 g/mol. The van der Waals surface area contributed by atoms with Gasteiger partial charge in [-0.2, -0.15) is 0 Å². The smallest absolute Gasteiger partial charge is 0.150 e. The number of nitrogens with zero attached hydrogens (tertiary/aromatic N) is 1. The molecule has 0 aromatic carbocycles. The Morgan fingerprint density at radius 1 is 1.58 bits per heavy atom. The van der Waals surface area contributed by atoms with Crippen LogP contribution in [0.4, 0.5) is 4.39 Å². The van der Waals surface area contributed by atoms with Gasteiger partial charge in [-0.1, -0.05) is 6.08 Å². The van der Waals surface area contributed by atoms with Crippen LogP contribution in [0.2, 0.25) is 0 Å². The van der Waals surface area contributed by atoms with E-state index in [1.54, 1.807) is 0 Å². The van der Waals surface area contributed by atoms with E-state index in [1.807, 2.05) is 11.0 Å². The zero-order chi connectivity index (χ0) is 8.60. The molecule has 2 nitrogen and oxygen atoms in total. The summed E-state index contributed by atoms with van der Waals surface area (Å²) in [6.07, 6.45) is 4.24. The molecule has 0 aromatic heterocycles. The minimum absolute atomic E-state index is 0.118. The summed E-state index contributed by atoms with van der Waals surface area (Å²) >= 11 is 0. The van der Waals surface area contributed by atoms with E-state index in [0.29, 0.717) is 19.4 Å². The molecule has 1 fully saturated rings. The van der Waals surface area contributed by atoms with Crippen LogP contribution in [-0.2, 0) is 0 Å². The second-order valence-corrected chi connectivity index (χ2v) is 3.55. The third-order valence-corrected chi connectivity index (χ3v) is 2.60. The van der Waals surface area contributed by atoms with Crippen molar-refractivity contribution in [2.45, 2.75) is 24.9 Å². The number of aliphatic hydroxyl groups excluding tert-OH is 1. The molecule has 0 aromatic rings. The van der Waals surface area contributed by atoms with Crippen molar-refractivity contribution in [1.82, 2.24) is 4.90 Å². The molecule has 0 bridgehead atoms. The lowest BCUT2D eigenvalue weighted by molar-refractivity contribution is 0.205. The second-order valence-electron chi connectivity index (χ2n) is 3.55. The molecule has 1 aliphatic carbocycles. The molecule has 0 radical (unpaired) electrons. The third kappa shape index (κ3) is 1.22. The van der Waals surface area contributed by atoms with Crippen LogP contribution in [0, 0.1) is 0 Å². The van der Waals surface area contributed by atoms with Gasteiger partial charge in [-0.15, -0.1) is 0 Å². The van der Waals surface area contributed by atoms with Crippen molar-refractivity contribution in [2.75, 3.05) is 19.7 Å². The highest BCUT2D eigenvalue weighted by Gasteiger charge is 2.49. The van der Waals surface area contributed by atoms with E-state index >= 15 is 0 Å². The maximum Gasteiger partial charge on any atom is 0.150 e. The van der Waals surface area contributed by atoms with Crippen LogP contribution in [0.15, 0.2) is 11.8 Å². The fourth-order valence-corrected chi connectivity index (χ4v) is 1.79. The zero-order valence-corrected chi connectivity index (χ0v) is 7.09. The van der Waals surface area contributed by atoms with Crippen molar-refractivity contribution in [2.24, 2.45) is 0 Å². The summed E-state index contributed by atoms with van der Waals surface area (Å²) in [4.78, 5) is 1.97. The lowest BCUT2D eigenvalue weighted by Crippen LogP contribution is -2.28. The van der Waals surface area contributed by atoms with Gasteiger partial charge in [0.15, 0.2) is 0 Å². The molecule has 1 heterocycles. The van der Waals surface area contributed by atoms with Crippen molar-refractivity contribution >= 4 is 0 Å². The largest absolute Gasteiger partial charge is 0.395 e. The van der Waals surface area contributed by atoms with Crippen LogP contribution >= 0.6 is 0 Å². The van der Waals surface area contributed by atoms with Crippen molar-refractivity contribution in [3.05, 3.63) is 11.8 Å². The van der Waals surface area contributed by atoms with E-state index < -0.39 is 5.67 Å². The van der Waals surface area contributed by atoms with Gasteiger partial charge in [-0.25, -0.2) is 4.39 Å². The zero-order valence-electron chi connectivity index (χ0n) is 7.09. The summed E-state index contributed by atoms with van der Waals surface area (Å²) in [5.41, 5.74) is -0.192. The molecular formula is C9H14FNO. The summed E-state index contributed by atoms with van der Waals surface area (Å²) in [6, 6.07) is 0. The number of hydrogen-bond acceptors (Lipinski definition) is 2. The van der Waals surface area contributed by atoms with Gasteiger partial charge >= 0.3 is 0 Å². The molecule has 1 aliphatic heterocycles. The van der Waals surface area contributed by atoms with Gasteiger partial charge in [0.1, 0.15) is 5.67 Å². The quantitative estimate of drug-likeness (QED) is 0.686. The Balaban J connectivity index is 2.03. The molecule has 0 atom stereocenters. The van der Waals surface area contributed by atoms with Gasteiger partial charge < -0.3 is 10.0 Å². The standard InChI is InChI=1S/C9H14FNO/c10-9(3-4-9)8-2-1-5-11(8)6-7-12/h2,12H,1,3-7H2. The first-order valence-electron chi connectivity index (χ1n) is 4.52. The minimum atomic E-state index is -1.02. The lowest BCUT2D eigenvalue weighted by Gasteiger charge is -2.23. The van der Waals surface area contributed by atoms with Crippen molar-refractivity contribution in [1.29, 1.82) is 0 Å². The topological polar surface area (TPSA) is 23.5 Å². The van der Waals surface area contributed by atoms with Crippen LogP contribution in [-0.4, -0.2) is 35.4 Å². The number of halogens is 1. The van der Waals surface area contributed by atoms with Gasteiger partial charge in [-0.05, 0) is 19.3 Å². The Bertz CT molecular complexity index is 211. The molecule has 3 heteroatoms. The predicted octanol–water partition coefficient (Wildman–Crippen LogP) is 1.07. The van der Waals surface area contributed by atoms with Crippen molar-refractivity contribution in [3.8, 4) is 0 Å². The molecule has 2 aliphatic rings. The molecule has 2 rings (SSSR count). The first-order chi connectivity index (χ1) is 5.76. The fraction of sp³-hybridized carbons (Fsp3) is 0.778. The van der Waals surface area contributed by atoms with E-state index in [4.69, 9.17) is 5.11 Å². The van der Waals surface area contributed by atoms with E-state index in [0.717, 1.165) is 18.7 Å². The van der Waals surface area contributed by atoms with Gasteiger partial charge in [-0.3, -0.25) is 0 Å².